The number of piperidine rings is 1. The minimum absolute atomic E-state index is 0.0179. The zero-order chi connectivity index (χ0) is 20.1. The van der Waals surface area contributed by atoms with E-state index >= 15 is 0 Å². The molecule has 2 aliphatic rings. The fourth-order valence-electron chi connectivity index (χ4n) is 3.62. The highest BCUT2D eigenvalue weighted by molar-refractivity contribution is 6.35. The number of nitrogens with two attached hydrogens (primary N) is 1. The number of aliphatic hydroxyl groups excluding tert-OH is 2. The number of benzene rings is 1. The number of nitrogens with one attached hydrogen (secondary N) is 1. The first-order valence-electron chi connectivity index (χ1n) is 9.68. The van der Waals surface area contributed by atoms with Gasteiger partial charge in [-0.15, -0.1) is 0 Å². The van der Waals surface area contributed by atoms with Crippen LogP contribution in [0.1, 0.15) is 29.6 Å². The van der Waals surface area contributed by atoms with Crippen molar-refractivity contribution in [2.45, 2.75) is 25.4 Å². The number of anilines is 1. The number of likely N-dealkylation sites (tertiary alicyclic amines) is 1. The molecule has 28 heavy (non-hydrogen) atoms. The van der Waals surface area contributed by atoms with Crippen LogP contribution >= 0.6 is 11.6 Å². The van der Waals surface area contributed by atoms with Gasteiger partial charge in [-0.2, -0.15) is 0 Å². The summed E-state index contributed by atoms with van der Waals surface area (Å²) in [4.78, 5) is 14.9. The van der Waals surface area contributed by atoms with E-state index in [1.807, 2.05) is 0 Å². The zero-order valence-corrected chi connectivity index (χ0v) is 16.6. The number of halogens is 1. The monoisotopic (exact) mass is 413 g/mol. The Labute approximate surface area is 169 Å². The van der Waals surface area contributed by atoms with Crippen molar-refractivity contribution in [3.8, 4) is 11.5 Å². The van der Waals surface area contributed by atoms with Crippen LogP contribution in [0.5, 0.6) is 11.5 Å². The normalized spacial score (nSPS) is 22.1. The third-order valence-electron chi connectivity index (χ3n) is 5.24. The van der Waals surface area contributed by atoms with Crippen LogP contribution in [0.3, 0.4) is 0 Å². The summed E-state index contributed by atoms with van der Waals surface area (Å²) >= 11 is 6.15. The van der Waals surface area contributed by atoms with E-state index in [2.05, 4.69) is 10.2 Å². The summed E-state index contributed by atoms with van der Waals surface area (Å²) in [5.74, 6) is 0.259. The van der Waals surface area contributed by atoms with Crippen LogP contribution in [0.4, 0.5) is 5.69 Å². The molecule has 1 fully saturated rings. The highest BCUT2D eigenvalue weighted by Gasteiger charge is 2.29. The number of β-amino-alcohol motifs (C(OH)–C–C–N with tert-alkyl or cyclic N) is 1. The van der Waals surface area contributed by atoms with Crippen molar-refractivity contribution in [2.75, 3.05) is 51.7 Å². The number of aliphatic hydroxyl groups is 2. The second kappa shape index (κ2) is 9.65. The molecule has 2 aliphatic heterocycles. The van der Waals surface area contributed by atoms with Crippen LogP contribution in [0.2, 0.25) is 5.02 Å². The lowest BCUT2D eigenvalue weighted by Crippen LogP contribution is -2.47. The number of nitrogen functional groups attached to an aromatic ring is 1. The van der Waals surface area contributed by atoms with Gasteiger partial charge >= 0.3 is 0 Å². The molecule has 0 bridgehead atoms. The van der Waals surface area contributed by atoms with Crippen molar-refractivity contribution >= 4 is 23.2 Å². The molecular weight excluding hydrogens is 386 g/mol. The Bertz CT molecular complexity index is 703. The molecule has 0 saturated carbocycles. The summed E-state index contributed by atoms with van der Waals surface area (Å²) in [6, 6.07) is 1.49. The molecular formula is C19H28ClN3O5. The molecule has 1 unspecified atom stereocenters. The van der Waals surface area contributed by atoms with Crippen LogP contribution < -0.4 is 20.5 Å². The maximum absolute atomic E-state index is 12.7. The Balaban J connectivity index is 1.57. The predicted molar refractivity (Wildman–Crippen MR) is 106 cm³/mol. The first-order chi connectivity index (χ1) is 13.5. The minimum Gasteiger partial charge on any atom is -0.485 e. The highest BCUT2D eigenvalue weighted by Crippen LogP contribution is 2.43. The van der Waals surface area contributed by atoms with E-state index in [0.29, 0.717) is 37.8 Å². The summed E-state index contributed by atoms with van der Waals surface area (Å²) in [7, 11) is 0. The number of unbranched alkanes of at least 4 members (excludes halogenated alkanes) is 1. The number of amides is 1. The van der Waals surface area contributed by atoms with Gasteiger partial charge in [0.25, 0.3) is 5.91 Å². The summed E-state index contributed by atoms with van der Waals surface area (Å²) in [5.41, 5.74) is 6.44. The maximum Gasteiger partial charge on any atom is 0.255 e. The number of hydrogen-bond acceptors (Lipinski definition) is 7. The third-order valence-corrected chi connectivity index (χ3v) is 5.63. The van der Waals surface area contributed by atoms with Crippen LogP contribution in [-0.4, -0.2) is 73.1 Å². The number of rotatable bonds is 7. The van der Waals surface area contributed by atoms with Crippen molar-refractivity contribution in [1.82, 2.24) is 10.2 Å². The van der Waals surface area contributed by atoms with Gasteiger partial charge in [-0.05, 0) is 38.4 Å². The molecule has 156 valence electrons. The fraction of sp³-hybridized carbons (Fsp3) is 0.632. The van der Waals surface area contributed by atoms with Gasteiger partial charge in [0, 0.05) is 25.6 Å². The molecule has 0 spiro atoms. The molecule has 0 aliphatic carbocycles. The maximum atomic E-state index is 12.7. The molecule has 1 saturated heterocycles. The van der Waals surface area contributed by atoms with Crippen LogP contribution in [0.15, 0.2) is 6.07 Å². The van der Waals surface area contributed by atoms with E-state index in [9.17, 15) is 9.90 Å². The molecule has 1 amide bonds. The second-order valence-electron chi connectivity index (χ2n) is 7.24. The van der Waals surface area contributed by atoms with E-state index in [4.69, 9.17) is 31.9 Å². The average molecular weight is 414 g/mol. The summed E-state index contributed by atoms with van der Waals surface area (Å²) in [6.45, 7) is 3.54. The first-order valence-corrected chi connectivity index (χ1v) is 10.1. The number of carbonyl (C=O) groups is 1. The standard InChI is InChI=1S/C19H28ClN3O5/c20-16-14(21)9-13(17-18(16)28-8-7-27-17)19(26)22-10-12-3-5-23(11-15(12)25)4-1-2-6-24/h9,12,15,24-25H,1-8,10-11,21H2,(H,22,26)/t12-,15?/m0/s1. The van der Waals surface area contributed by atoms with Crippen molar-refractivity contribution in [2.24, 2.45) is 5.92 Å². The van der Waals surface area contributed by atoms with E-state index in [1.165, 1.54) is 6.07 Å². The van der Waals surface area contributed by atoms with Gasteiger partial charge in [-0.25, -0.2) is 0 Å². The Hall–Kier alpha value is -1.74. The van der Waals surface area contributed by atoms with Crippen molar-refractivity contribution in [1.29, 1.82) is 0 Å². The lowest BCUT2D eigenvalue weighted by Gasteiger charge is -2.36. The molecule has 1 aromatic carbocycles. The molecule has 1 aromatic rings. The van der Waals surface area contributed by atoms with Crippen molar-refractivity contribution < 1.29 is 24.5 Å². The Kier molecular flexibility index (Phi) is 7.23. The lowest BCUT2D eigenvalue weighted by atomic mass is 9.93. The summed E-state index contributed by atoms with van der Waals surface area (Å²) in [6.07, 6.45) is 1.97. The van der Waals surface area contributed by atoms with E-state index in [1.54, 1.807) is 0 Å². The summed E-state index contributed by atoms with van der Waals surface area (Å²) < 4.78 is 11.1. The quantitative estimate of drug-likeness (QED) is 0.387. The van der Waals surface area contributed by atoms with Crippen LogP contribution in [-0.2, 0) is 0 Å². The summed E-state index contributed by atoms with van der Waals surface area (Å²) in [5, 5.41) is 22.4. The van der Waals surface area contributed by atoms with Crippen molar-refractivity contribution in [3.63, 3.8) is 0 Å². The van der Waals surface area contributed by atoms with Gasteiger partial charge in [0.15, 0.2) is 11.5 Å². The molecule has 9 heteroatoms. The topological polar surface area (TPSA) is 117 Å². The lowest BCUT2D eigenvalue weighted by molar-refractivity contribution is 0.0212. The van der Waals surface area contributed by atoms with Crippen LogP contribution in [0.25, 0.3) is 0 Å². The molecule has 3 rings (SSSR count). The van der Waals surface area contributed by atoms with Crippen LogP contribution in [0, 0.1) is 5.92 Å². The van der Waals surface area contributed by atoms with Gasteiger partial charge < -0.3 is 35.6 Å². The number of carbonyl (C=O) groups excluding carboxylic acids is 1. The van der Waals surface area contributed by atoms with Crippen molar-refractivity contribution in [3.05, 3.63) is 16.7 Å². The average Bonchev–Trinajstić information content (AvgIpc) is 2.70. The number of nitrogens with zero attached hydrogens (tertiary/aromatic N) is 1. The largest absolute Gasteiger partial charge is 0.485 e. The third kappa shape index (κ3) is 4.81. The zero-order valence-electron chi connectivity index (χ0n) is 15.8. The van der Waals surface area contributed by atoms with E-state index < -0.39 is 6.10 Å². The predicted octanol–water partition coefficient (Wildman–Crippen LogP) is 0.879. The van der Waals surface area contributed by atoms with Gasteiger partial charge in [0.05, 0.1) is 17.4 Å². The number of ether oxygens (including phenoxy) is 2. The van der Waals surface area contributed by atoms with Gasteiger partial charge in [0.1, 0.15) is 18.2 Å². The Morgan fingerprint density at radius 1 is 1.32 bits per heavy atom. The first kappa shape index (κ1) is 21.0. The van der Waals surface area contributed by atoms with Gasteiger partial charge in [0.2, 0.25) is 0 Å². The second-order valence-corrected chi connectivity index (χ2v) is 7.62. The Morgan fingerprint density at radius 2 is 2.07 bits per heavy atom. The van der Waals surface area contributed by atoms with Gasteiger partial charge in [-0.1, -0.05) is 11.6 Å². The molecule has 0 aromatic heterocycles. The van der Waals surface area contributed by atoms with E-state index in [-0.39, 0.29) is 34.7 Å². The molecule has 0 radical (unpaired) electrons. The number of fused-ring (bicyclic) bond motifs is 1. The minimum atomic E-state index is -0.507. The van der Waals surface area contributed by atoms with E-state index in [0.717, 1.165) is 32.4 Å². The van der Waals surface area contributed by atoms with Gasteiger partial charge in [-0.3, -0.25) is 4.79 Å². The smallest absolute Gasteiger partial charge is 0.255 e. The fourth-order valence-corrected chi connectivity index (χ4v) is 3.81. The highest BCUT2D eigenvalue weighted by atomic mass is 35.5. The SMILES string of the molecule is Nc1cc(C(=O)NC[C@@H]2CCN(CCCCO)CC2O)c2c(c1Cl)OCCO2. The Morgan fingerprint density at radius 3 is 2.79 bits per heavy atom. The molecule has 8 nitrogen and oxygen atoms in total. The molecule has 2 heterocycles. The molecule has 2 atom stereocenters. The molecule has 5 N–H and O–H groups in total. The number of hydrogen-bond donors (Lipinski definition) is 4.